The fourth-order valence-electron chi connectivity index (χ4n) is 2.03. The van der Waals surface area contributed by atoms with E-state index in [-0.39, 0.29) is 5.91 Å². The number of nitrogens with two attached hydrogens (primary N) is 1. The highest BCUT2D eigenvalue weighted by atomic mass is 16.5. The Kier molecular flexibility index (Phi) is 4.81. The quantitative estimate of drug-likeness (QED) is 0.787. The van der Waals surface area contributed by atoms with Crippen LogP contribution in [-0.4, -0.2) is 28.8 Å². The number of nitrogens with zero attached hydrogens (tertiary/aromatic N) is 2. The van der Waals surface area contributed by atoms with Crippen LogP contribution in [0.25, 0.3) is 0 Å². The van der Waals surface area contributed by atoms with Gasteiger partial charge >= 0.3 is 0 Å². The Morgan fingerprint density at radius 3 is 2.86 bits per heavy atom. The molecule has 6 nitrogen and oxygen atoms in total. The van der Waals surface area contributed by atoms with Gasteiger partial charge in [-0.2, -0.15) is 5.10 Å². The lowest BCUT2D eigenvalue weighted by atomic mass is 10.1. The maximum absolute atomic E-state index is 12.0. The van der Waals surface area contributed by atoms with Gasteiger partial charge in [-0.15, -0.1) is 0 Å². The van der Waals surface area contributed by atoms with Gasteiger partial charge in [0.1, 0.15) is 5.75 Å². The number of amides is 1. The number of aryl methyl sites for hydroxylation is 1. The third-order valence-corrected chi connectivity index (χ3v) is 3.16. The van der Waals surface area contributed by atoms with Crippen molar-refractivity contribution in [1.82, 2.24) is 15.1 Å². The Balaban J connectivity index is 1.91. The van der Waals surface area contributed by atoms with Gasteiger partial charge in [0.05, 0.1) is 12.3 Å². The molecule has 0 aliphatic carbocycles. The van der Waals surface area contributed by atoms with Gasteiger partial charge in [0.15, 0.2) is 0 Å². The summed E-state index contributed by atoms with van der Waals surface area (Å²) in [5.41, 5.74) is 7.92. The highest BCUT2D eigenvalue weighted by molar-refractivity contribution is 5.95. The number of carbonyl (C=O) groups excluding carboxylic acids is 1. The van der Waals surface area contributed by atoms with Crippen LogP contribution in [0.2, 0.25) is 0 Å². The largest absolute Gasteiger partial charge is 0.492 e. The summed E-state index contributed by atoms with van der Waals surface area (Å²) in [6.45, 7) is 2.98. The number of nitrogen functional groups attached to an aromatic ring is 1. The molecule has 1 aromatic carbocycles. The molecule has 1 amide bonds. The first kappa shape index (κ1) is 14.9. The van der Waals surface area contributed by atoms with Crippen molar-refractivity contribution < 1.29 is 9.53 Å². The second kappa shape index (κ2) is 6.78. The molecule has 2 rings (SSSR count). The molecule has 6 heteroatoms. The number of benzene rings is 1. The van der Waals surface area contributed by atoms with E-state index in [0.717, 1.165) is 12.1 Å². The zero-order valence-electron chi connectivity index (χ0n) is 12.3. The summed E-state index contributed by atoms with van der Waals surface area (Å²) in [6, 6.07) is 6.99. The fraction of sp³-hybridized carbons (Fsp3) is 0.333. The minimum absolute atomic E-state index is 0.146. The minimum atomic E-state index is -0.146. The molecule has 21 heavy (non-hydrogen) atoms. The van der Waals surface area contributed by atoms with Gasteiger partial charge in [-0.3, -0.25) is 9.48 Å². The van der Waals surface area contributed by atoms with E-state index >= 15 is 0 Å². The van der Waals surface area contributed by atoms with E-state index in [1.165, 1.54) is 0 Å². The topological polar surface area (TPSA) is 82.2 Å². The van der Waals surface area contributed by atoms with Crippen LogP contribution in [-0.2, 0) is 13.5 Å². The monoisotopic (exact) mass is 288 g/mol. The van der Waals surface area contributed by atoms with Crippen LogP contribution in [0.5, 0.6) is 5.75 Å². The summed E-state index contributed by atoms with van der Waals surface area (Å²) in [6.07, 6.45) is 2.47. The molecule has 0 aliphatic rings. The van der Waals surface area contributed by atoms with Gasteiger partial charge in [-0.25, -0.2) is 0 Å². The molecule has 0 unspecified atom stereocenters. The van der Waals surface area contributed by atoms with E-state index in [0.29, 0.717) is 30.2 Å². The second-order valence-corrected chi connectivity index (χ2v) is 4.64. The normalized spacial score (nSPS) is 10.4. The highest BCUT2D eigenvalue weighted by Crippen LogP contribution is 2.22. The van der Waals surface area contributed by atoms with Crippen molar-refractivity contribution in [3.63, 3.8) is 0 Å². The van der Waals surface area contributed by atoms with E-state index in [9.17, 15) is 4.79 Å². The Morgan fingerprint density at radius 1 is 1.43 bits per heavy atom. The van der Waals surface area contributed by atoms with Gasteiger partial charge in [0, 0.05) is 37.5 Å². The van der Waals surface area contributed by atoms with Gasteiger partial charge in [-0.1, -0.05) is 0 Å². The van der Waals surface area contributed by atoms with Crippen molar-refractivity contribution in [3.8, 4) is 5.75 Å². The number of rotatable bonds is 6. The second-order valence-electron chi connectivity index (χ2n) is 4.64. The number of carbonyl (C=O) groups is 1. The first-order valence-corrected chi connectivity index (χ1v) is 6.89. The lowest BCUT2D eigenvalue weighted by molar-refractivity contribution is 0.0954. The Morgan fingerprint density at radius 2 is 2.24 bits per heavy atom. The summed E-state index contributed by atoms with van der Waals surface area (Å²) >= 11 is 0. The molecule has 112 valence electrons. The summed E-state index contributed by atoms with van der Waals surface area (Å²) in [5, 5.41) is 6.95. The van der Waals surface area contributed by atoms with E-state index < -0.39 is 0 Å². The Hall–Kier alpha value is -2.50. The van der Waals surface area contributed by atoms with Gasteiger partial charge in [-0.05, 0) is 31.2 Å². The third-order valence-electron chi connectivity index (χ3n) is 3.16. The number of ether oxygens (including phenoxy) is 1. The molecule has 0 saturated heterocycles. The molecule has 0 fully saturated rings. The minimum Gasteiger partial charge on any atom is -0.492 e. The van der Waals surface area contributed by atoms with Crippen molar-refractivity contribution in [2.24, 2.45) is 7.05 Å². The predicted octanol–water partition coefficient (Wildman–Crippen LogP) is 1.37. The van der Waals surface area contributed by atoms with Crippen molar-refractivity contribution in [2.75, 3.05) is 18.9 Å². The van der Waals surface area contributed by atoms with Crippen LogP contribution in [0.4, 0.5) is 5.69 Å². The third kappa shape index (κ3) is 3.75. The number of anilines is 1. The highest BCUT2D eigenvalue weighted by Gasteiger charge is 2.08. The van der Waals surface area contributed by atoms with Crippen LogP contribution in [0.1, 0.15) is 23.0 Å². The van der Waals surface area contributed by atoms with Crippen molar-refractivity contribution in [2.45, 2.75) is 13.3 Å². The number of nitrogens with one attached hydrogen (secondary N) is 1. The van der Waals surface area contributed by atoms with Gasteiger partial charge < -0.3 is 15.8 Å². The first-order chi connectivity index (χ1) is 10.1. The van der Waals surface area contributed by atoms with Crippen LogP contribution in [0.3, 0.4) is 0 Å². The first-order valence-electron chi connectivity index (χ1n) is 6.89. The van der Waals surface area contributed by atoms with Crippen LogP contribution in [0, 0.1) is 0 Å². The molecule has 1 heterocycles. The van der Waals surface area contributed by atoms with Crippen molar-refractivity contribution in [3.05, 3.63) is 41.7 Å². The standard InChI is InChI=1S/C15H20N4O2/c1-3-21-14-5-4-11(10-13(14)16)15(20)17-8-6-12-7-9-18-19(12)2/h4-5,7,9-10H,3,6,8,16H2,1-2H3,(H,17,20). The van der Waals surface area contributed by atoms with E-state index in [1.807, 2.05) is 20.0 Å². The Labute approximate surface area is 123 Å². The molecule has 0 aliphatic heterocycles. The maximum atomic E-state index is 12.0. The molecule has 0 saturated carbocycles. The average Bonchev–Trinajstić information content (AvgIpc) is 2.87. The fourth-order valence-corrected chi connectivity index (χ4v) is 2.03. The van der Waals surface area contributed by atoms with E-state index in [2.05, 4.69) is 10.4 Å². The van der Waals surface area contributed by atoms with Crippen LogP contribution < -0.4 is 15.8 Å². The molecular formula is C15H20N4O2. The molecule has 0 spiro atoms. The molecular weight excluding hydrogens is 268 g/mol. The van der Waals surface area contributed by atoms with Gasteiger partial charge in [0.2, 0.25) is 0 Å². The predicted molar refractivity (Wildman–Crippen MR) is 81.3 cm³/mol. The van der Waals surface area contributed by atoms with E-state index in [4.69, 9.17) is 10.5 Å². The number of aromatic nitrogens is 2. The average molecular weight is 288 g/mol. The summed E-state index contributed by atoms with van der Waals surface area (Å²) in [4.78, 5) is 12.0. The summed E-state index contributed by atoms with van der Waals surface area (Å²) < 4.78 is 7.14. The van der Waals surface area contributed by atoms with Crippen molar-refractivity contribution in [1.29, 1.82) is 0 Å². The lowest BCUT2D eigenvalue weighted by Gasteiger charge is -2.09. The summed E-state index contributed by atoms with van der Waals surface area (Å²) in [5.74, 6) is 0.454. The molecule has 0 radical (unpaired) electrons. The van der Waals surface area contributed by atoms with Crippen LogP contribution in [0.15, 0.2) is 30.5 Å². The summed E-state index contributed by atoms with van der Waals surface area (Å²) in [7, 11) is 1.88. The maximum Gasteiger partial charge on any atom is 0.251 e. The molecule has 2 aromatic rings. The number of hydrogen-bond acceptors (Lipinski definition) is 4. The zero-order chi connectivity index (χ0) is 15.2. The van der Waals surface area contributed by atoms with Crippen molar-refractivity contribution >= 4 is 11.6 Å². The van der Waals surface area contributed by atoms with Gasteiger partial charge in [0.25, 0.3) is 5.91 Å². The molecule has 0 bridgehead atoms. The lowest BCUT2D eigenvalue weighted by Crippen LogP contribution is -2.26. The van der Waals surface area contributed by atoms with Crippen LogP contribution >= 0.6 is 0 Å². The SMILES string of the molecule is CCOc1ccc(C(=O)NCCc2ccnn2C)cc1N. The Bertz CT molecular complexity index is 622. The molecule has 0 atom stereocenters. The zero-order valence-corrected chi connectivity index (χ0v) is 12.3. The molecule has 3 N–H and O–H groups in total. The van der Waals surface area contributed by atoms with E-state index in [1.54, 1.807) is 29.1 Å². The smallest absolute Gasteiger partial charge is 0.251 e. The molecule has 1 aromatic heterocycles. The number of hydrogen-bond donors (Lipinski definition) is 2.